The molecule has 1 saturated heterocycles. The van der Waals surface area contributed by atoms with Crippen molar-refractivity contribution in [1.82, 2.24) is 4.90 Å². The Morgan fingerprint density at radius 2 is 2.17 bits per heavy atom. The Hall–Kier alpha value is -1.59. The summed E-state index contributed by atoms with van der Waals surface area (Å²) >= 11 is 0. The summed E-state index contributed by atoms with van der Waals surface area (Å²) in [4.78, 5) is 13.3. The highest BCUT2D eigenvalue weighted by Crippen LogP contribution is 2.19. The second kappa shape index (κ2) is 5.84. The number of β-amino-alcohol motifs (C(OH)–C–C–N with tert-alkyl or cyclic N) is 1. The van der Waals surface area contributed by atoms with Crippen molar-refractivity contribution in [2.45, 2.75) is 25.4 Å². The standard InChI is InChI=1S/C13H17NO4/c1-17-12-7-11(15)8-14(12)13(16)18-9-10-5-3-2-4-6-10/h2-6,11-12,15H,7-9H2,1H3/t11-,12+/m1/s1. The molecule has 1 N–H and O–H groups in total. The minimum Gasteiger partial charge on any atom is -0.444 e. The van der Waals surface area contributed by atoms with Crippen LogP contribution in [0.25, 0.3) is 0 Å². The summed E-state index contributed by atoms with van der Waals surface area (Å²) in [6.45, 7) is 0.481. The van der Waals surface area contributed by atoms with Crippen LogP contribution in [-0.4, -0.2) is 42.1 Å². The van der Waals surface area contributed by atoms with Crippen LogP contribution in [0.3, 0.4) is 0 Å². The van der Waals surface area contributed by atoms with E-state index in [1.165, 1.54) is 12.0 Å². The molecule has 1 heterocycles. The molecule has 1 fully saturated rings. The Morgan fingerprint density at radius 1 is 1.44 bits per heavy atom. The summed E-state index contributed by atoms with van der Waals surface area (Å²) in [6.07, 6.45) is -0.971. The monoisotopic (exact) mass is 251 g/mol. The molecule has 1 aromatic carbocycles. The van der Waals surface area contributed by atoms with Gasteiger partial charge in [-0.15, -0.1) is 0 Å². The van der Waals surface area contributed by atoms with E-state index in [0.717, 1.165) is 5.56 Å². The van der Waals surface area contributed by atoms with E-state index in [1.807, 2.05) is 30.3 Å². The molecule has 0 aromatic heterocycles. The van der Waals surface area contributed by atoms with Crippen molar-refractivity contribution in [3.63, 3.8) is 0 Å². The van der Waals surface area contributed by atoms with Gasteiger partial charge in [-0.05, 0) is 5.56 Å². The molecule has 98 valence electrons. The van der Waals surface area contributed by atoms with Crippen molar-refractivity contribution in [2.24, 2.45) is 0 Å². The average Bonchev–Trinajstić information content (AvgIpc) is 2.78. The Labute approximate surface area is 106 Å². The number of carbonyl (C=O) groups is 1. The molecule has 0 bridgehead atoms. The second-order valence-electron chi connectivity index (χ2n) is 4.27. The lowest BCUT2D eigenvalue weighted by Crippen LogP contribution is -2.37. The van der Waals surface area contributed by atoms with Gasteiger partial charge in [-0.25, -0.2) is 4.79 Å². The highest BCUT2D eigenvalue weighted by atomic mass is 16.6. The van der Waals surface area contributed by atoms with E-state index in [0.29, 0.717) is 6.42 Å². The first-order valence-electron chi connectivity index (χ1n) is 5.89. The zero-order chi connectivity index (χ0) is 13.0. The highest BCUT2D eigenvalue weighted by Gasteiger charge is 2.35. The lowest BCUT2D eigenvalue weighted by atomic mass is 10.2. The van der Waals surface area contributed by atoms with Crippen LogP contribution in [0.5, 0.6) is 0 Å². The number of aliphatic hydroxyl groups excluding tert-OH is 1. The molecule has 0 unspecified atom stereocenters. The summed E-state index contributed by atoms with van der Waals surface area (Å²) in [5.74, 6) is 0. The van der Waals surface area contributed by atoms with Crippen LogP contribution in [0.15, 0.2) is 30.3 Å². The van der Waals surface area contributed by atoms with Crippen molar-refractivity contribution in [3.05, 3.63) is 35.9 Å². The van der Waals surface area contributed by atoms with Crippen LogP contribution in [0.4, 0.5) is 4.79 Å². The molecule has 1 aliphatic rings. The fourth-order valence-corrected chi connectivity index (χ4v) is 2.00. The largest absolute Gasteiger partial charge is 0.444 e. The van der Waals surface area contributed by atoms with Gasteiger partial charge in [0.1, 0.15) is 12.8 Å². The SMILES string of the molecule is CO[C@H]1C[C@@H](O)CN1C(=O)OCc1ccccc1. The smallest absolute Gasteiger partial charge is 0.412 e. The number of hydrogen-bond acceptors (Lipinski definition) is 4. The van der Waals surface area contributed by atoms with Crippen LogP contribution in [-0.2, 0) is 16.1 Å². The number of ether oxygens (including phenoxy) is 2. The van der Waals surface area contributed by atoms with Crippen LogP contribution in [0, 0.1) is 0 Å². The molecule has 0 aliphatic carbocycles. The molecule has 5 heteroatoms. The first-order chi connectivity index (χ1) is 8.70. The van der Waals surface area contributed by atoms with E-state index in [1.54, 1.807) is 0 Å². The predicted octanol–water partition coefficient (Wildman–Crippen LogP) is 1.36. The van der Waals surface area contributed by atoms with E-state index >= 15 is 0 Å². The number of hydrogen-bond donors (Lipinski definition) is 1. The fourth-order valence-electron chi connectivity index (χ4n) is 2.00. The zero-order valence-electron chi connectivity index (χ0n) is 10.3. The number of likely N-dealkylation sites (tertiary alicyclic amines) is 1. The second-order valence-corrected chi connectivity index (χ2v) is 4.27. The van der Waals surface area contributed by atoms with E-state index in [9.17, 15) is 9.90 Å². The molecule has 1 aliphatic heterocycles. The van der Waals surface area contributed by atoms with Gasteiger partial charge in [-0.1, -0.05) is 30.3 Å². The van der Waals surface area contributed by atoms with E-state index < -0.39 is 18.4 Å². The summed E-state index contributed by atoms with van der Waals surface area (Å²) in [6, 6.07) is 9.46. The van der Waals surface area contributed by atoms with Crippen LogP contribution in [0.2, 0.25) is 0 Å². The van der Waals surface area contributed by atoms with Crippen LogP contribution >= 0.6 is 0 Å². The third kappa shape index (κ3) is 3.00. The molecular formula is C13H17NO4. The van der Waals surface area contributed by atoms with E-state index in [-0.39, 0.29) is 13.2 Å². The Morgan fingerprint density at radius 3 is 2.83 bits per heavy atom. The summed E-state index contributed by atoms with van der Waals surface area (Å²) in [7, 11) is 1.51. The van der Waals surface area contributed by atoms with Crippen molar-refractivity contribution in [2.75, 3.05) is 13.7 Å². The highest BCUT2D eigenvalue weighted by molar-refractivity contribution is 5.68. The van der Waals surface area contributed by atoms with Gasteiger partial charge in [0, 0.05) is 13.5 Å². The van der Waals surface area contributed by atoms with Crippen molar-refractivity contribution < 1.29 is 19.4 Å². The predicted molar refractivity (Wildman–Crippen MR) is 64.8 cm³/mol. The Bertz CT molecular complexity index is 395. The maximum absolute atomic E-state index is 11.8. The Balaban J connectivity index is 1.88. The van der Waals surface area contributed by atoms with Crippen LogP contribution < -0.4 is 0 Å². The van der Waals surface area contributed by atoms with Gasteiger partial charge in [0.05, 0.1) is 12.6 Å². The van der Waals surface area contributed by atoms with E-state index in [4.69, 9.17) is 9.47 Å². The van der Waals surface area contributed by atoms with E-state index in [2.05, 4.69) is 0 Å². The molecule has 1 aromatic rings. The normalized spacial score (nSPS) is 23.1. The summed E-state index contributed by atoms with van der Waals surface area (Å²) < 4.78 is 10.3. The zero-order valence-corrected chi connectivity index (χ0v) is 10.3. The van der Waals surface area contributed by atoms with Gasteiger partial charge in [0.25, 0.3) is 0 Å². The van der Waals surface area contributed by atoms with Gasteiger partial charge >= 0.3 is 6.09 Å². The molecule has 1 amide bonds. The number of methoxy groups -OCH3 is 1. The lowest BCUT2D eigenvalue weighted by molar-refractivity contribution is -0.00781. The molecule has 0 saturated carbocycles. The lowest BCUT2D eigenvalue weighted by Gasteiger charge is -2.22. The molecule has 5 nitrogen and oxygen atoms in total. The van der Waals surface area contributed by atoms with Crippen molar-refractivity contribution >= 4 is 6.09 Å². The molecule has 0 spiro atoms. The minimum absolute atomic E-state index is 0.225. The topological polar surface area (TPSA) is 59.0 Å². The van der Waals surface area contributed by atoms with Crippen molar-refractivity contribution in [3.8, 4) is 0 Å². The molecular weight excluding hydrogens is 234 g/mol. The number of aliphatic hydroxyl groups is 1. The molecule has 2 rings (SSSR count). The average molecular weight is 251 g/mol. The first kappa shape index (κ1) is 12.9. The summed E-state index contributed by atoms with van der Waals surface area (Å²) in [5.41, 5.74) is 0.930. The number of benzene rings is 1. The molecule has 18 heavy (non-hydrogen) atoms. The molecule has 2 atom stereocenters. The van der Waals surface area contributed by atoms with Gasteiger partial charge in [-0.2, -0.15) is 0 Å². The minimum atomic E-state index is -0.542. The van der Waals surface area contributed by atoms with Crippen LogP contribution in [0.1, 0.15) is 12.0 Å². The van der Waals surface area contributed by atoms with Crippen molar-refractivity contribution in [1.29, 1.82) is 0 Å². The summed E-state index contributed by atoms with van der Waals surface area (Å²) in [5, 5.41) is 9.51. The number of rotatable bonds is 3. The van der Waals surface area contributed by atoms with Gasteiger partial charge in [0.2, 0.25) is 0 Å². The molecule has 0 radical (unpaired) electrons. The van der Waals surface area contributed by atoms with Gasteiger partial charge in [-0.3, -0.25) is 4.90 Å². The number of nitrogens with zero attached hydrogens (tertiary/aromatic N) is 1. The van der Waals surface area contributed by atoms with Gasteiger partial charge < -0.3 is 14.6 Å². The maximum Gasteiger partial charge on any atom is 0.412 e. The quantitative estimate of drug-likeness (QED) is 0.881. The fraction of sp³-hybridized carbons (Fsp3) is 0.462. The number of amides is 1. The third-order valence-corrected chi connectivity index (χ3v) is 2.94. The first-order valence-corrected chi connectivity index (χ1v) is 5.89. The Kier molecular flexibility index (Phi) is 4.17. The maximum atomic E-state index is 11.8. The number of carbonyl (C=O) groups excluding carboxylic acids is 1. The van der Waals surface area contributed by atoms with Gasteiger partial charge in [0.15, 0.2) is 0 Å². The third-order valence-electron chi connectivity index (χ3n) is 2.94.